The lowest BCUT2D eigenvalue weighted by Crippen LogP contribution is -2.44. The third-order valence-corrected chi connectivity index (χ3v) is 3.33. The summed E-state index contributed by atoms with van der Waals surface area (Å²) in [5.74, 6) is 0.787. The van der Waals surface area contributed by atoms with Crippen molar-refractivity contribution in [3.05, 3.63) is 23.8 Å². The Hall–Kier alpha value is -1.26. The molecule has 1 heterocycles. The van der Waals surface area contributed by atoms with Crippen LogP contribution in [0.4, 0.5) is 5.69 Å². The smallest absolute Gasteiger partial charge is 0.145 e. The number of morpholine rings is 1. The molecule has 1 saturated heterocycles. The molecule has 2 N–H and O–H groups in total. The van der Waals surface area contributed by atoms with Crippen LogP contribution in [-0.4, -0.2) is 43.9 Å². The summed E-state index contributed by atoms with van der Waals surface area (Å²) in [6, 6.07) is 5.81. The Bertz CT molecular complexity index is 375. The van der Waals surface area contributed by atoms with Gasteiger partial charge in [0.2, 0.25) is 0 Å². The molecule has 4 nitrogen and oxygen atoms in total. The van der Waals surface area contributed by atoms with E-state index in [0.717, 1.165) is 37.6 Å². The monoisotopic (exact) mass is 250 g/mol. The number of nitrogens with zero attached hydrogens (tertiary/aromatic N) is 1. The summed E-state index contributed by atoms with van der Waals surface area (Å²) in [5, 5.41) is 0. The van der Waals surface area contributed by atoms with Crippen LogP contribution in [0.25, 0.3) is 0 Å². The predicted molar refractivity (Wildman–Crippen MR) is 72.9 cm³/mol. The molecule has 0 amide bonds. The van der Waals surface area contributed by atoms with Crippen molar-refractivity contribution in [2.45, 2.75) is 20.0 Å². The Morgan fingerprint density at radius 3 is 3.06 bits per heavy atom. The molecule has 0 aliphatic carbocycles. The van der Waals surface area contributed by atoms with Crippen LogP contribution < -0.4 is 10.5 Å². The van der Waals surface area contributed by atoms with Gasteiger partial charge < -0.3 is 15.2 Å². The number of aryl methyl sites for hydroxylation is 1. The van der Waals surface area contributed by atoms with E-state index in [4.69, 9.17) is 15.2 Å². The first-order valence-corrected chi connectivity index (χ1v) is 6.52. The molecule has 4 heteroatoms. The number of para-hydroxylation sites is 1. The summed E-state index contributed by atoms with van der Waals surface area (Å²) in [4.78, 5) is 2.37. The van der Waals surface area contributed by atoms with Crippen LogP contribution in [0.1, 0.15) is 12.5 Å². The zero-order valence-corrected chi connectivity index (χ0v) is 11.2. The van der Waals surface area contributed by atoms with Crippen LogP contribution in [0.15, 0.2) is 18.2 Å². The van der Waals surface area contributed by atoms with Crippen LogP contribution in [-0.2, 0) is 4.74 Å². The number of benzene rings is 1. The van der Waals surface area contributed by atoms with Gasteiger partial charge in [-0.2, -0.15) is 0 Å². The minimum absolute atomic E-state index is 0.137. The fourth-order valence-electron chi connectivity index (χ4n) is 2.22. The molecule has 1 aromatic carbocycles. The van der Waals surface area contributed by atoms with E-state index in [1.54, 1.807) is 0 Å². The third-order valence-electron chi connectivity index (χ3n) is 3.33. The van der Waals surface area contributed by atoms with Gasteiger partial charge in [-0.15, -0.1) is 0 Å². The Morgan fingerprint density at radius 2 is 2.33 bits per heavy atom. The van der Waals surface area contributed by atoms with Gasteiger partial charge in [-0.1, -0.05) is 19.1 Å². The summed E-state index contributed by atoms with van der Waals surface area (Å²) in [7, 11) is 0. The van der Waals surface area contributed by atoms with E-state index in [9.17, 15) is 0 Å². The largest absolute Gasteiger partial charge is 0.488 e. The van der Waals surface area contributed by atoms with E-state index in [1.807, 2.05) is 25.1 Å². The minimum Gasteiger partial charge on any atom is -0.488 e. The molecule has 0 aromatic heterocycles. The minimum atomic E-state index is 0.137. The van der Waals surface area contributed by atoms with Gasteiger partial charge in [0, 0.05) is 13.1 Å². The molecule has 1 unspecified atom stereocenters. The van der Waals surface area contributed by atoms with E-state index in [0.29, 0.717) is 12.3 Å². The van der Waals surface area contributed by atoms with Gasteiger partial charge in [-0.05, 0) is 25.1 Å². The van der Waals surface area contributed by atoms with Crippen molar-refractivity contribution in [3.8, 4) is 5.75 Å². The average molecular weight is 250 g/mol. The van der Waals surface area contributed by atoms with E-state index >= 15 is 0 Å². The van der Waals surface area contributed by atoms with Gasteiger partial charge in [-0.3, -0.25) is 4.90 Å². The normalized spacial score (nSPS) is 20.9. The number of hydrogen-bond donors (Lipinski definition) is 1. The molecular formula is C14H22N2O2. The number of nitrogens with two attached hydrogens (primary N) is 1. The van der Waals surface area contributed by atoms with Gasteiger partial charge in [0.15, 0.2) is 0 Å². The highest BCUT2D eigenvalue weighted by Crippen LogP contribution is 2.25. The lowest BCUT2D eigenvalue weighted by molar-refractivity contribution is -0.0463. The topological polar surface area (TPSA) is 47.7 Å². The van der Waals surface area contributed by atoms with Crippen LogP contribution >= 0.6 is 0 Å². The second-order valence-electron chi connectivity index (χ2n) is 4.69. The third kappa shape index (κ3) is 3.15. The molecule has 0 radical (unpaired) electrons. The number of rotatable bonds is 4. The maximum atomic E-state index is 5.91. The second-order valence-corrected chi connectivity index (χ2v) is 4.69. The van der Waals surface area contributed by atoms with E-state index in [2.05, 4.69) is 11.8 Å². The molecule has 18 heavy (non-hydrogen) atoms. The molecule has 2 rings (SSSR count). The van der Waals surface area contributed by atoms with E-state index in [1.165, 1.54) is 0 Å². The van der Waals surface area contributed by atoms with Crippen molar-refractivity contribution < 1.29 is 9.47 Å². The predicted octanol–water partition coefficient (Wildman–Crippen LogP) is 1.68. The number of nitrogen functional groups attached to an aromatic ring is 1. The first kappa shape index (κ1) is 13.2. The molecule has 1 fully saturated rings. The summed E-state index contributed by atoms with van der Waals surface area (Å²) in [6.45, 7) is 8.53. The lowest BCUT2D eigenvalue weighted by Gasteiger charge is -2.32. The van der Waals surface area contributed by atoms with Crippen molar-refractivity contribution >= 4 is 5.69 Å². The molecule has 0 bridgehead atoms. The quantitative estimate of drug-likeness (QED) is 0.826. The van der Waals surface area contributed by atoms with E-state index in [-0.39, 0.29) is 6.10 Å². The highest BCUT2D eigenvalue weighted by atomic mass is 16.5. The Kier molecular flexibility index (Phi) is 4.44. The van der Waals surface area contributed by atoms with Crippen LogP contribution in [0.5, 0.6) is 5.75 Å². The first-order valence-electron chi connectivity index (χ1n) is 6.52. The first-order chi connectivity index (χ1) is 8.70. The van der Waals surface area contributed by atoms with Crippen molar-refractivity contribution in [2.75, 3.05) is 38.6 Å². The fraction of sp³-hybridized carbons (Fsp3) is 0.571. The van der Waals surface area contributed by atoms with Gasteiger partial charge in [0.25, 0.3) is 0 Å². The number of anilines is 1. The standard InChI is InChI=1S/C14H22N2O2/c1-3-16-7-8-17-12(9-16)10-18-14-11(2)5-4-6-13(14)15/h4-6,12H,3,7-10,15H2,1-2H3. The van der Waals surface area contributed by atoms with E-state index < -0.39 is 0 Å². The summed E-state index contributed by atoms with van der Waals surface area (Å²) in [5.41, 5.74) is 7.67. The molecule has 0 spiro atoms. The van der Waals surface area contributed by atoms with Crippen molar-refractivity contribution in [1.29, 1.82) is 0 Å². The number of hydrogen-bond acceptors (Lipinski definition) is 4. The van der Waals surface area contributed by atoms with Gasteiger partial charge in [0.05, 0.1) is 12.3 Å². The molecule has 0 saturated carbocycles. The highest BCUT2D eigenvalue weighted by molar-refractivity contribution is 5.56. The molecular weight excluding hydrogens is 228 g/mol. The van der Waals surface area contributed by atoms with Gasteiger partial charge in [0.1, 0.15) is 18.5 Å². The summed E-state index contributed by atoms with van der Waals surface area (Å²) >= 11 is 0. The van der Waals surface area contributed by atoms with Crippen LogP contribution in [0.2, 0.25) is 0 Å². The average Bonchev–Trinajstić information content (AvgIpc) is 2.38. The van der Waals surface area contributed by atoms with Crippen molar-refractivity contribution in [1.82, 2.24) is 4.90 Å². The maximum Gasteiger partial charge on any atom is 0.145 e. The molecule has 1 aliphatic heterocycles. The number of likely N-dealkylation sites (N-methyl/N-ethyl adjacent to an activating group) is 1. The lowest BCUT2D eigenvalue weighted by atomic mass is 10.2. The SMILES string of the molecule is CCN1CCOC(COc2c(C)cccc2N)C1. The molecule has 1 aliphatic rings. The Balaban J connectivity index is 1.91. The summed E-state index contributed by atoms with van der Waals surface area (Å²) in [6.07, 6.45) is 0.137. The maximum absolute atomic E-state index is 5.91. The second kappa shape index (κ2) is 6.07. The highest BCUT2D eigenvalue weighted by Gasteiger charge is 2.20. The zero-order chi connectivity index (χ0) is 13.0. The fourth-order valence-corrected chi connectivity index (χ4v) is 2.22. The Labute approximate surface area is 109 Å². The summed E-state index contributed by atoms with van der Waals surface area (Å²) < 4.78 is 11.5. The molecule has 100 valence electrons. The molecule has 1 atom stereocenters. The van der Waals surface area contributed by atoms with Gasteiger partial charge >= 0.3 is 0 Å². The number of ether oxygens (including phenoxy) is 2. The zero-order valence-electron chi connectivity index (χ0n) is 11.2. The van der Waals surface area contributed by atoms with Crippen molar-refractivity contribution in [3.63, 3.8) is 0 Å². The molecule has 1 aromatic rings. The van der Waals surface area contributed by atoms with Crippen LogP contribution in [0, 0.1) is 6.92 Å². The Morgan fingerprint density at radius 1 is 1.50 bits per heavy atom. The van der Waals surface area contributed by atoms with Crippen LogP contribution in [0.3, 0.4) is 0 Å². The van der Waals surface area contributed by atoms with Crippen molar-refractivity contribution in [2.24, 2.45) is 0 Å². The van der Waals surface area contributed by atoms with Gasteiger partial charge in [-0.25, -0.2) is 0 Å².